The molecule has 0 unspecified atom stereocenters. The summed E-state index contributed by atoms with van der Waals surface area (Å²) in [5.41, 5.74) is 2.35. The molecule has 1 amide bonds. The molecule has 0 atom stereocenters. The number of aromatic nitrogens is 5. The van der Waals surface area contributed by atoms with Gasteiger partial charge in [-0.1, -0.05) is 30.3 Å². The summed E-state index contributed by atoms with van der Waals surface area (Å²) in [4.78, 5) is 26.7. The smallest absolute Gasteiger partial charge is 0.267 e. The SMILES string of the molecule is Cc1nc(Oc2ccc(NC(=O)c3sc(-c4ccccc4)nc3C)cc2)cc(-n2cccn2)n1. The molecular formula is C25H20N6O2S. The fraction of sp³-hybridized carbons (Fsp3) is 0.0800. The number of nitrogens with one attached hydrogen (secondary N) is 1. The number of aryl methyl sites for hydroxylation is 2. The normalized spacial score (nSPS) is 10.8. The van der Waals surface area contributed by atoms with E-state index in [0.717, 1.165) is 10.6 Å². The van der Waals surface area contributed by atoms with Crippen LogP contribution in [0.15, 0.2) is 79.1 Å². The number of amides is 1. The Kier molecular flexibility index (Phi) is 5.84. The van der Waals surface area contributed by atoms with Crippen LogP contribution in [0.3, 0.4) is 0 Å². The van der Waals surface area contributed by atoms with E-state index < -0.39 is 0 Å². The minimum atomic E-state index is -0.193. The zero-order valence-corrected chi connectivity index (χ0v) is 19.3. The molecule has 5 aromatic rings. The van der Waals surface area contributed by atoms with Crippen molar-refractivity contribution in [3.8, 4) is 28.0 Å². The number of hydrogen-bond acceptors (Lipinski definition) is 7. The van der Waals surface area contributed by atoms with Gasteiger partial charge < -0.3 is 10.1 Å². The van der Waals surface area contributed by atoms with Crippen LogP contribution >= 0.6 is 11.3 Å². The van der Waals surface area contributed by atoms with E-state index in [1.165, 1.54) is 11.3 Å². The summed E-state index contributed by atoms with van der Waals surface area (Å²) in [5, 5.41) is 7.94. The summed E-state index contributed by atoms with van der Waals surface area (Å²) in [7, 11) is 0. The Hall–Kier alpha value is -4.37. The van der Waals surface area contributed by atoms with E-state index in [-0.39, 0.29) is 5.91 Å². The molecule has 1 N–H and O–H groups in total. The van der Waals surface area contributed by atoms with Crippen LogP contribution in [0.5, 0.6) is 11.6 Å². The lowest BCUT2D eigenvalue weighted by Crippen LogP contribution is -2.11. The Balaban J connectivity index is 1.28. The molecule has 0 aliphatic heterocycles. The van der Waals surface area contributed by atoms with Crippen LogP contribution in [0, 0.1) is 13.8 Å². The first kappa shape index (κ1) is 21.5. The van der Waals surface area contributed by atoms with Crippen LogP contribution in [0.4, 0.5) is 5.69 Å². The summed E-state index contributed by atoms with van der Waals surface area (Å²) in [6, 6.07) is 20.5. The van der Waals surface area contributed by atoms with Crippen LogP contribution < -0.4 is 10.1 Å². The van der Waals surface area contributed by atoms with Crippen molar-refractivity contribution < 1.29 is 9.53 Å². The molecule has 0 saturated carbocycles. The second-order valence-corrected chi connectivity index (χ2v) is 8.44. The number of rotatable bonds is 6. The Morgan fingerprint density at radius 1 is 0.971 bits per heavy atom. The average molecular weight is 469 g/mol. The second-order valence-electron chi connectivity index (χ2n) is 7.44. The predicted octanol–water partition coefficient (Wildman–Crippen LogP) is 5.45. The molecule has 34 heavy (non-hydrogen) atoms. The van der Waals surface area contributed by atoms with E-state index in [4.69, 9.17) is 4.74 Å². The highest BCUT2D eigenvalue weighted by atomic mass is 32.1. The lowest BCUT2D eigenvalue weighted by atomic mass is 10.2. The van der Waals surface area contributed by atoms with Gasteiger partial charge in [0.1, 0.15) is 21.5 Å². The Bertz CT molecular complexity index is 1430. The zero-order valence-electron chi connectivity index (χ0n) is 18.5. The van der Waals surface area contributed by atoms with Gasteiger partial charge in [0, 0.05) is 29.7 Å². The molecule has 3 aromatic heterocycles. The number of hydrogen-bond donors (Lipinski definition) is 1. The van der Waals surface area contributed by atoms with Gasteiger partial charge in [-0.15, -0.1) is 11.3 Å². The van der Waals surface area contributed by atoms with E-state index in [1.807, 2.05) is 43.3 Å². The zero-order chi connectivity index (χ0) is 23.5. The topological polar surface area (TPSA) is 94.8 Å². The Labute approximate surface area is 199 Å². The highest BCUT2D eigenvalue weighted by Crippen LogP contribution is 2.29. The fourth-order valence-corrected chi connectivity index (χ4v) is 4.29. The number of nitrogens with zero attached hydrogens (tertiary/aromatic N) is 5. The van der Waals surface area contributed by atoms with Crippen molar-refractivity contribution in [3.05, 3.63) is 95.5 Å². The molecule has 0 aliphatic rings. The third kappa shape index (κ3) is 4.69. The highest BCUT2D eigenvalue weighted by molar-refractivity contribution is 7.17. The van der Waals surface area contributed by atoms with Gasteiger partial charge in [0.2, 0.25) is 5.88 Å². The third-order valence-electron chi connectivity index (χ3n) is 4.90. The molecule has 8 nitrogen and oxygen atoms in total. The summed E-state index contributed by atoms with van der Waals surface area (Å²) < 4.78 is 7.54. The number of anilines is 1. The van der Waals surface area contributed by atoms with Crippen molar-refractivity contribution in [1.29, 1.82) is 0 Å². The van der Waals surface area contributed by atoms with Crippen LogP contribution in [0.2, 0.25) is 0 Å². The van der Waals surface area contributed by atoms with E-state index in [9.17, 15) is 4.79 Å². The molecule has 0 spiro atoms. The van der Waals surface area contributed by atoms with E-state index in [2.05, 4.69) is 25.4 Å². The van der Waals surface area contributed by atoms with E-state index in [1.54, 1.807) is 54.3 Å². The molecule has 9 heteroatoms. The first-order chi connectivity index (χ1) is 16.5. The quantitative estimate of drug-likeness (QED) is 0.356. The summed E-state index contributed by atoms with van der Waals surface area (Å²) in [5.74, 6) is 1.99. The van der Waals surface area contributed by atoms with Crippen molar-refractivity contribution in [2.45, 2.75) is 13.8 Å². The number of carbonyl (C=O) groups excluding carboxylic acids is 1. The minimum Gasteiger partial charge on any atom is -0.439 e. The lowest BCUT2D eigenvalue weighted by molar-refractivity contribution is 0.103. The van der Waals surface area contributed by atoms with Crippen molar-refractivity contribution in [2.24, 2.45) is 0 Å². The number of benzene rings is 2. The molecular weight excluding hydrogens is 448 g/mol. The van der Waals surface area contributed by atoms with Crippen molar-refractivity contribution >= 4 is 22.9 Å². The van der Waals surface area contributed by atoms with Crippen LogP contribution in [0.1, 0.15) is 21.2 Å². The molecule has 5 rings (SSSR count). The molecule has 0 fully saturated rings. The first-order valence-electron chi connectivity index (χ1n) is 10.5. The summed E-state index contributed by atoms with van der Waals surface area (Å²) in [6.45, 7) is 3.64. The number of ether oxygens (including phenoxy) is 1. The Morgan fingerprint density at radius 2 is 1.76 bits per heavy atom. The average Bonchev–Trinajstić information content (AvgIpc) is 3.51. The standard InChI is InChI=1S/C25H20N6O2S/c1-16-23(34-25(27-16)18-7-4-3-5-8-18)24(32)30-19-9-11-20(12-10-19)33-22-15-21(28-17(2)29-22)31-14-6-13-26-31/h3-15H,1-2H3,(H,30,32). The fourth-order valence-electron chi connectivity index (χ4n) is 3.33. The van der Waals surface area contributed by atoms with Gasteiger partial charge in [0.25, 0.3) is 5.91 Å². The van der Waals surface area contributed by atoms with Gasteiger partial charge in [-0.05, 0) is 44.2 Å². The molecule has 0 saturated heterocycles. The van der Waals surface area contributed by atoms with Gasteiger partial charge in [-0.25, -0.2) is 14.6 Å². The monoisotopic (exact) mass is 468 g/mol. The van der Waals surface area contributed by atoms with E-state index >= 15 is 0 Å². The molecule has 0 radical (unpaired) electrons. The molecule has 3 heterocycles. The van der Waals surface area contributed by atoms with Gasteiger partial charge in [0.05, 0.1) is 5.69 Å². The molecule has 0 bridgehead atoms. The van der Waals surface area contributed by atoms with Crippen molar-refractivity contribution in [2.75, 3.05) is 5.32 Å². The van der Waals surface area contributed by atoms with Crippen LogP contribution in [0.25, 0.3) is 16.4 Å². The lowest BCUT2D eigenvalue weighted by Gasteiger charge is -2.09. The van der Waals surface area contributed by atoms with Gasteiger partial charge in [-0.3, -0.25) is 4.79 Å². The van der Waals surface area contributed by atoms with E-state index in [0.29, 0.717) is 39.5 Å². The molecule has 168 valence electrons. The number of carbonyl (C=O) groups is 1. The highest BCUT2D eigenvalue weighted by Gasteiger charge is 2.16. The third-order valence-corrected chi connectivity index (χ3v) is 6.10. The minimum absolute atomic E-state index is 0.193. The van der Waals surface area contributed by atoms with Crippen LogP contribution in [-0.4, -0.2) is 30.6 Å². The maximum absolute atomic E-state index is 12.8. The molecule has 0 aliphatic carbocycles. The van der Waals surface area contributed by atoms with Gasteiger partial charge in [-0.2, -0.15) is 10.1 Å². The second kappa shape index (κ2) is 9.24. The summed E-state index contributed by atoms with van der Waals surface area (Å²) in [6.07, 6.45) is 3.48. The largest absolute Gasteiger partial charge is 0.439 e. The Morgan fingerprint density at radius 3 is 2.50 bits per heavy atom. The van der Waals surface area contributed by atoms with Crippen LogP contribution in [-0.2, 0) is 0 Å². The first-order valence-corrected chi connectivity index (χ1v) is 11.3. The maximum atomic E-state index is 12.8. The van der Waals surface area contributed by atoms with Gasteiger partial charge in [0.15, 0.2) is 5.82 Å². The predicted molar refractivity (Wildman–Crippen MR) is 131 cm³/mol. The van der Waals surface area contributed by atoms with Crippen molar-refractivity contribution in [1.82, 2.24) is 24.7 Å². The van der Waals surface area contributed by atoms with Gasteiger partial charge >= 0.3 is 0 Å². The number of thiazole rings is 1. The molecule has 2 aromatic carbocycles. The summed E-state index contributed by atoms with van der Waals surface area (Å²) >= 11 is 1.38. The maximum Gasteiger partial charge on any atom is 0.267 e. The van der Waals surface area contributed by atoms with Crippen molar-refractivity contribution in [3.63, 3.8) is 0 Å².